The Balaban J connectivity index is 2.45. The smallest absolute Gasteiger partial charge is 0.202 e. The van der Waals surface area contributed by atoms with Crippen molar-refractivity contribution in [2.45, 2.75) is 25.8 Å². The summed E-state index contributed by atoms with van der Waals surface area (Å²) in [5.41, 5.74) is 0.786. The van der Waals surface area contributed by atoms with E-state index in [1.807, 2.05) is 63.2 Å². The Morgan fingerprint density at radius 3 is 2.50 bits per heavy atom. The molecule has 0 radical (unpaired) electrons. The molecule has 0 aliphatic rings. The lowest BCUT2D eigenvalue weighted by atomic mass is 9.90. The molecule has 1 aromatic heterocycles. The van der Waals surface area contributed by atoms with Gasteiger partial charge in [-0.3, -0.25) is 9.69 Å². The van der Waals surface area contributed by atoms with Gasteiger partial charge in [-0.05, 0) is 39.6 Å². The number of nitrogens with zero attached hydrogens (tertiary/aromatic N) is 4. The number of carbonyl (C=O) groups is 1. The van der Waals surface area contributed by atoms with Crippen LogP contribution in [-0.4, -0.2) is 45.3 Å². The van der Waals surface area contributed by atoms with Crippen LogP contribution in [0.15, 0.2) is 36.5 Å². The van der Waals surface area contributed by atoms with Crippen LogP contribution < -0.4 is 0 Å². The zero-order valence-corrected chi connectivity index (χ0v) is 12.4. The normalized spacial score (nSPS) is 14.2. The first-order valence-electron chi connectivity index (χ1n) is 6.69. The Labute approximate surface area is 119 Å². The molecule has 1 heterocycles. The summed E-state index contributed by atoms with van der Waals surface area (Å²) in [5.74, 6) is 0.0267. The Kier molecular flexibility index (Phi) is 3.99. The van der Waals surface area contributed by atoms with E-state index in [4.69, 9.17) is 0 Å². The second kappa shape index (κ2) is 5.54. The van der Waals surface area contributed by atoms with Gasteiger partial charge >= 0.3 is 0 Å². The summed E-state index contributed by atoms with van der Waals surface area (Å²) >= 11 is 0. The monoisotopic (exact) mass is 272 g/mol. The lowest BCUT2D eigenvalue weighted by Crippen LogP contribution is -2.48. The van der Waals surface area contributed by atoms with Gasteiger partial charge in [0.1, 0.15) is 5.69 Å². The molecule has 0 aliphatic heterocycles. The van der Waals surface area contributed by atoms with Crippen molar-refractivity contribution in [3.8, 4) is 5.69 Å². The van der Waals surface area contributed by atoms with Gasteiger partial charge in [-0.15, -0.1) is 5.10 Å². The fourth-order valence-corrected chi connectivity index (χ4v) is 2.11. The van der Waals surface area contributed by atoms with Crippen molar-refractivity contribution in [1.29, 1.82) is 0 Å². The minimum Gasteiger partial charge on any atom is -0.297 e. The van der Waals surface area contributed by atoms with E-state index in [1.165, 1.54) is 6.20 Å². The highest BCUT2D eigenvalue weighted by Gasteiger charge is 2.36. The zero-order chi connectivity index (χ0) is 14.8. The summed E-state index contributed by atoms with van der Waals surface area (Å²) in [7, 11) is 3.83. The molecule has 0 N–H and O–H groups in total. The van der Waals surface area contributed by atoms with Gasteiger partial charge in [0.25, 0.3) is 0 Å². The van der Waals surface area contributed by atoms with Gasteiger partial charge in [0.15, 0.2) is 0 Å². The van der Waals surface area contributed by atoms with Crippen LogP contribution in [0.2, 0.25) is 0 Å². The third-order valence-electron chi connectivity index (χ3n) is 3.95. The summed E-state index contributed by atoms with van der Waals surface area (Å²) in [6.07, 6.45) is 2.26. The van der Waals surface area contributed by atoms with Crippen molar-refractivity contribution in [3.63, 3.8) is 0 Å². The second-order valence-electron chi connectivity index (χ2n) is 5.22. The van der Waals surface area contributed by atoms with Crippen molar-refractivity contribution in [3.05, 3.63) is 42.2 Å². The fourth-order valence-electron chi connectivity index (χ4n) is 2.11. The van der Waals surface area contributed by atoms with E-state index >= 15 is 0 Å². The maximum Gasteiger partial charge on any atom is 0.202 e. The van der Waals surface area contributed by atoms with E-state index in [0.29, 0.717) is 5.69 Å². The molecule has 0 bridgehead atoms. The first-order valence-corrected chi connectivity index (χ1v) is 6.69. The number of hydrogen-bond donors (Lipinski definition) is 0. The van der Waals surface area contributed by atoms with Gasteiger partial charge in [-0.25, -0.2) is 4.68 Å². The van der Waals surface area contributed by atoms with Crippen molar-refractivity contribution >= 4 is 5.78 Å². The predicted octanol–water partition coefficient (Wildman–Crippen LogP) is 2.18. The van der Waals surface area contributed by atoms with Crippen LogP contribution in [0.1, 0.15) is 30.8 Å². The molecule has 1 aromatic carbocycles. The quantitative estimate of drug-likeness (QED) is 0.783. The molecule has 5 nitrogen and oxygen atoms in total. The highest BCUT2D eigenvalue weighted by Crippen LogP contribution is 2.23. The zero-order valence-electron chi connectivity index (χ0n) is 12.4. The first-order chi connectivity index (χ1) is 9.50. The number of benzene rings is 1. The first kappa shape index (κ1) is 14.4. The second-order valence-corrected chi connectivity index (χ2v) is 5.22. The molecule has 20 heavy (non-hydrogen) atoms. The van der Waals surface area contributed by atoms with Gasteiger partial charge in [0.2, 0.25) is 5.78 Å². The maximum atomic E-state index is 12.9. The average Bonchev–Trinajstić information content (AvgIpc) is 2.95. The molecule has 2 aromatic rings. The van der Waals surface area contributed by atoms with E-state index in [-0.39, 0.29) is 5.78 Å². The molecule has 0 amide bonds. The Morgan fingerprint density at radius 2 is 1.95 bits per heavy atom. The molecule has 0 aliphatic carbocycles. The number of rotatable bonds is 5. The summed E-state index contributed by atoms with van der Waals surface area (Å²) in [6, 6.07) is 9.57. The van der Waals surface area contributed by atoms with Crippen LogP contribution in [0.4, 0.5) is 0 Å². The number of ketones is 1. The average molecular weight is 272 g/mol. The topological polar surface area (TPSA) is 51.0 Å². The third kappa shape index (κ3) is 2.36. The Bertz CT molecular complexity index is 591. The standard InChI is InChI=1S/C15H20N4O/c1-5-15(2,18(3)4)14(20)13-11-16-17-19(13)12-9-7-6-8-10-12/h6-11H,5H2,1-4H3. The van der Waals surface area contributed by atoms with Crippen molar-refractivity contribution in [2.24, 2.45) is 0 Å². The number of Topliss-reactive ketones (excluding diaryl/α,β-unsaturated/α-hetero) is 1. The molecular formula is C15H20N4O. The lowest BCUT2D eigenvalue weighted by molar-refractivity contribution is 0.0702. The predicted molar refractivity (Wildman–Crippen MR) is 78.1 cm³/mol. The fraction of sp³-hybridized carbons (Fsp3) is 0.400. The minimum absolute atomic E-state index is 0.0267. The van der Waals surface area contributed by atoms with Gasteiger partial charge in [0, 0.05) is 0 Å². The van der Waals surface area contributed by atoms with Gasteiger partial charge < -0.3 is 0 Å². The molecule has 1 atom stereocenters. The molecule has 0 spiro atoms. The van der Waals surface area contributed by atoms with E-state index in [9.17, 15) is 4.79 Å². The van der Waals surface area contributed by atoms with E-state index in [1.54, 1.807) is 4.68 Å². The maximum absolute atomic E-state index is 12.9. The summed E-state index contributed by atoms with van der Waals surface area (Å²) in [4.78, 5) is 14.8. The van der Waals surface area contributed by atoms with Crippen LogP contribution in [0.25, 0.3) is 5.69 Å². The summed E-state index contributed by atoms with van der Waals surface area (Å²) < 4.78 is 1.60. The molecule has 106 valence electrons. The van der Waals surface area contributed by atoms with Crippen molar-refractivity contribution in [2.75, 3.05) is 14.1 Å². The number of para-hydroxylation sites is 1. The van der Waals surface area contributed by atoms with Crippen LogP contribution >= 0.6 is 0 Å². The Morgan fingerprint density at radius 1 is 1.30 bits per heavy atom. The molecule has 0 fully saturated rings. The third-order valence-corrected chi connectivity index (χ3v) is 3.95. The molecule has 1 unspecified atom stereocenters. The SMILES string of the molecule is CCC(C)(C(=O)c1cnnn1-c1ccccc1)N(C)C. The summed E-state index contributed by atoms with van der Waals surface area (Å²) in [5, 5.41) is 7.94. The van der Waals surface area contributed by atoms with E-state index in [0.717, 1.165) is 12.1 Å². The van der Waals surface area contributed by atoms with Crippen LogP contribution in [-0.2, 0) is 0 Å². The highest BCUT2D eigenvalue weighted by atomic mass is 16.1. The minimum atomic E-state index is -0.561. The molecular weight excluding hydrogens is 252 g/mol. The molecule has 5 heteroatoms. The van der Waals surface area contributed by atoms with Crippen LogP contribution in [0.5, 0.6) is 0 Å². The number of likely N-dealkylation sites (N-methyl/N-ethyl adjacent to an activating group) is 1. The number of aromatic nitrogens is 3. The molecule has 2 rings (SSSR count). The van der Waals surface area contributed by atoms with Crippen molar-refractivity contribution < 1.29 is 4.79 Å². The van der Waals surface area contributed by atoms with Gasteiger partial charge in [-0.2, -0.15) is 0 Å². The van der Waals surface area contributed by atoms with Crippen LogP contribution in [0.3, 0.4) is 0 Å². The van der Waals surface area contributed by atoms with Gasteiger partial charge in [-0.1, -0.05) is 30.3 Å². The van der Waals surface area contributed by atoms with E-state index < -0.39 is 5.54 Å². The number of hydrogen-bond acceptors (Lipinski definition) is 4. The summed E-state index contributed by atoms with van der Waals surface area (Å²) in [6.45, 7) is 3.95. The van der Waals surface area contributed by atoms with Crippen molar-refractivity contribution in [1.82, 2.24) is 19.9 Å². The molecule has 0 saturated heterocycles. The Hall–Kier alpha value is -2.01. The largest absolute Gasteiger partial charge is 0.297 e. The lowest BCUT2D eigenvalue weighted by Gasteiger charge is -2.33. The van der Waals surface area contributed by atoms with Crippen LogP contribution in [0, 0.1) is 0 Å². The van der Waals surface area contributed by atoms with Gasteiger partial charge in [0.05, 0.1) is 17.4 Å². The molecule has 0 saturated carbocycles. The van der Waals surface area contributed by atoms with E-state index in [2.05, 4.69) is 10.3 Å². The highest BCUT2D eigenvalue weighted by molar-refractivity contribution is 6.01. The number of carbonyl (C=O) groups excluding carboxylic acids is 1.